The highest BCUT2D eigenvalue weighted by molar-refractivity contribution is 5.93. The Hall–Kier alpha value is -2.83. The minimum Gasteiger partial charge on any atom is -0.368 e. The number of likely N-dealkylation sites (tertiary alicyclic amines) is 2. The standard InChI is InChI=1S/C23H30N4O3/c1-2-25-18(14-16-6-3-4-8-19(16)25)10-9-17-7-5-13-26(17)23(30)20-11-12-22(29)27(20)15-21(24)28/h3-4,6,8,14,17,20H,2,5,7,9-13,15H2,1H3,(H2,24,28)/t17-,20+/m0/s1. The zero-order chi connectivity index (χ0) is 21.3. The Kier molecular flexibility index (Phi) is 5.79. The molecule has 160 valence electrons. The summed E-state index contributed by atoms with van der Waals surface area (Å²) in [6.45, 7) is 3.62. The third kappa shape index (κ3) is 3.80. The molecule has 2 atom stereocenters. The van der Waals surface area contributed by atoms with E-state index in [9.17, 15) is 14.4 Å². The second kappa shape index (κ2) is 8.50. The molecule has 2 aliphatic rings. The summed E-state index contributed by atoms with van der Waals surface area (Å²) in [6, 6.07) is 10.3. The van der Waals surface area contributed by atoms with Gasteiger partial charge in [-0.05, 0) is 56.5 Å². The summed E-state index contributed by atoms with van der Waals surface area (Å²) in [7, 11) is 0. The largest absolute Gasteiger partial charge is 0.368 e. The summed E-state index contributed by atoms with van der Waals surface area (Å²) in [6.07, 6.45) is 4.54. The number of benzene rings is 1. The van der Waals surface area contributed by atoms with Crippen LogP contribution in [-0.2, 0) is 27.3 Å². The Morgan fingerprint density at radius 2 is 2.00 bits per heavy atom. The molecular weight excluding hydrogens is 380 g/mol. The topological polar surface area (TPSA) is 88.6 Å². The van der Waals surface area contributed by atoms with Gasteiger partial charge in [0.1, 0.15) is 12.6 Å². The highest BCUT2D eigenvalue weighted by atomic mass is 16.2. The third-order valence-corrected chi connectivity index (χ3v) is 6.55. The van der Waals surface area contributed by atoms with Crippen LogP contribution >= 0.6 is 0 Å². The molecule has 0 spiro atoms. The number of hydrogen-bond acceptors (Lipinski definition) is 3. The van der Waals surface area contributed by atoms with E-state index in [4.69, 9.17) is 5.73 Å². The molecule has 30 heavy (non-hydrogen) atoms. The van der Waals surface area contributed by atoms with Crippen LogP contribution in [0.5, 0.6) is 0 Å². The van der Waals surface area contributed by atoms with Crippen LogP contribution in [0.2, 0.25) is 0 Å². The van der Waals surface area contributed by atoms with Crippen molar-refractivity contribution in [2.75, 3.05) is 13.1 Å². The molecule has 0 saturated carbocycles. The second-order valence-corrected chi connectivity index (χ2v) is 8.35. The predicted octanol–water partition coefficient (Wildman–Crippen LogP) is 2.06. The molecule has 7 heteroatoms. The monoisotopic (exact) mass is 410 g/mol. The number of fused-ring (bicyclic) bond motifs is 1. The summed E-state index contributed by atoms with van der Waals surface area (Å²) in [5.74, 6) is -0.760. The third-order valence-electron chi connectivity index (χ3n) is 6.55. The van der Waals surface area contributed by atoms with Gasteiger partial charge in [-0.2, -0.15) is 0 Å². The quantitative estimate of drug-likeness (QED) is 0.758. The molecule has 2 aliphatic heterocycles. The summed E-state index contributed by atoms with van der Waals surface area (Å²) < 4.78 is 2.35. The van der Waals surface area contributed by atoms with Crippen LogP contribution in [0.4, 0.5) is 0 Å². The molecule has 4 rings (SSSR count). The molecule has 2 saturated heterocycles. The molecule has 2 N–H and O–H groups in total. The fraction of sp³-hybridized carbons (Fsp3) is 0.522. The first-order valence-corrected chi connectivity index (χ1v) is 10.9. The van der Waals surface area contributed by atoms with Gasteiger partial charge in [-0.3, -0.25) is 14.4 Å². The number of para-hydroxylation sites is 1. The molecule has 0 radical (unpaired) electrons. The van der Waals surface area contributed by atoms with Crippen molar-refractivity contribution < 1.29 is 14.4 Å². The van der Waals surface area contributed by atoms with Gasteiger partial charge in [0.2, 0.25) is 17.7 Å². The number of nitrogens with two attached hydrogens (primary N) is 1. The predicted molar refractivity (Wildman–Crippen MR) is 115 cm³/mol. The minimum atomic E-state index is -0.576. The highest BCUT2D eigenvalue weighted by Crippen LogP contribution is 2.28. The lowest BCUT2D eigenvalue weighted by Gasteiger charge is -2.31. The van der Waals surface area contributed by atoms with Crippen LogP contribution in [0.3, 0.4) is 0 Å². The number of nitrogens with zero attached hydrogens (tertiary/aromatic N) is 3. The maximum atomic E-state index is 13.2. The van der Waals surface area contributed by atoms with Gasteiger partial charge < -0.3 is 20.1 Å². The average Bonchev–Trinajstić information content (AvgIpc) is 3.43. The van der Waals surface area contributed by atoms with Crippen molar-refractivity contribution in [3.05, 3.63) is 36.0 Å². The van der Waals surface area contributed by atoms with Crippen molar-refractivity contribution in [1.29, 1.82) is 0 Å². The van der Waals surface area contributed by atoms with Gasteiger partial charge >= 0.3 is 0 Å². The number of primary amides is 1. The molecule has 1 aromatic carbocycles. The van der Waals surface area contributed by atoms with Crippen molar-refractivity contribution in [2.24, 2.45) is 5.73 Å². The zero-order valence-electron chi connectivity index (χ0n) is 17.5. The van der Waals surface area contributed by atoms with Crippen LogP contribution in [0.1, 0.15) is 44.7 Å². The Balaban J connectivity index is 1.46. The van der Waals surface area contributed by atoms with E-state index in [0.717, 1.165) is 38.8 Å². The van der Waals surface area contributed by atoms with E-state index >= 15 is 0 Å². The number of amides is 3. The van der Waals surface area contributed by atoms with E-state index in [1.807, 2.05) is 4.90 Å². The Bertz CT molecular complexity index is 967. The molecular formula is C23H30N4O3. The molecule has 2 fully saturated rings. The summed E-state index contributed by atoms with van der Waals surface area (Å²) >= 11 is 0. The maximum absolute atomic E-state index is 13.2. The van der Waals surface area contributed by atoms with Crippen molar-refractivity contribution in [3.63, 3.8) is 0 Å². The van der Waals surface area contributed by atoms with Gasteiger partial charge in [0, 0.05) is 36.8 Å². The molecule has 0 unspecified atom stereocenters. The van der Waals surface area contributed by atoms with Crippen LogP contribution in [0, 0.1) is 0 Å². The first kappa shape index (κ1) is 20.4. The van der Waals surface area contributed by atoms with Gasteiger partial charge in [0.15, 0.2) is 0 Å². The number of carbonyl (C=O) groups excluding carboxylic acids is 3. The van der Waals surface area contributed by atoms with Crippen LogP contribution in [0.25, 0.3) is 10.9 Å². The van der Waals surface area contributed by atoms with Crippen molar-refractivity contribution in [3.8, 4) is 0 Å². The highest BCUT2D eigenvalue weighted by Gasteiger charge is 2.41. The fourth-order valence-electron chi connectivity index (χ4n) is 5.14. The van der Waals surface area contributed by atoms with E-state index in [-0.39, 0.29) is 24.4 Å². The summed E-state index contributed by atoms with van der Waals surface area (Å²) in [5, 5.41) is 1.25. The lowest BCUT2D eigenvalue weighted by Crippen LogP contribution is -2.50. The van der Waals surface area contributed by atoms with Gasteiger partial charge in [0.05, 0.1) is 0 Å². The number of rotatable bonds is 7. The normalized spacial score (nSPS) is 21.7. The molecule has 2 aromatic rings. The lowest BCUT2D eigenvalue weighted by atomic mass is 10.1. The Labute approximate surface area is 176 Å². The van der Waals surface area contributed by atoms with Crippen molar-refractivity contribution >= 4 is 28.6 Å². The number of carbonyl (C=O) groups is 3. The molecule has 1 aromatic heterocycles. The first-order valence-electron chi connectivity index (χ1n) is 10.9. The van der Waals surface area contributed by atoms with Crippen LogP contribution in [0.15, 0.2) is 30.3 Å². The minimum absolute atomic E-state index is 0.0272. The maximum Gasteiger partial charge on any atom is 0.245 e. The molecule has 3 heterocycles. The van der Waals surface area contributed by atoms with Crippen LogP contribution < -0.4 is 5.73 Å². The Morgan fingerprint density at radius 1 is 1.20 bits per heavy atom. The van der Waals surface area contributed by atoms with E-state index in [0.29, 0.717) is 12.8 Å². The second-order valence-electron chi connectivity index (χ2n) is 8.35. The molecule has 0 aliphatic carbocycles. The van der Waals surface area contributed by atoms with Crippen LogP contribution in [-0.4, -0.2) is 57.3 Å². The summed E-state index contributed by atoms with van der Waals surface area (Å²) in [5.41, 5.74) is 7.84. The van der Waals surface area contributed by atoms with E-state index < -0.39 is 11.9 Å². The molecule has 0 bridgehead atoms. The Morgan fingerprint density at radius 3 is 2.77 bits per heavy atom. The lowest BCUT2D eigenvalue weighted by molar-refractivity contribution is -0.143. The summed E-state index contributed by atoms with van der Waals surface area (Å²) in [4.78, 5) is 40.0. The van der Waals surface area contributed by atoms with E-state index in [1.165, 1.54) is 21.5 Å². The smallest absolute Gasteiger partial charge is 0.245 e. The van der Waals surface area contributed by atoms with E-state index in [2.05, 4.69) is 41.8 Å². The number of hydrogen-bond donors (Lipinski definition) is 1. The SMILES string of the molecule is CCn1c(CC[C@@H]2CCCN2C(=O)[C@H]2CCC(=O)N2CC(N)=O)cc2ccccc21. The average molecular weight is 411 g/mol. The van der Waals surface area contributed by atoms with Crippen molar-refractivity contribution in [2.45, 2.75) is 64.1 Å². The number of aromatic nitrogens is 1. The van der Waals surface area contributed by atoms with Crippen molar-refractivity contribution in [1.82, 2.24) is 14.4 Å². The fourth-order valence-corrected chi connectivity index (χ4v) is 5.14. The molecule has 7 nitrogen and oxygen atoms in total. The zero-order valence-corrected chi connectivity index (χ0v) is 17.5. The van der Waals surface area contributed by atoms with Gasteiger partial charge in [-0.25, -0.2) is 0 Å². The first-order chi connectivity index (χ1) is 14.5. The van der Waals surface area contributed by atoms with Gasteiger partial charge in [-0.1, -0.05) is 18.2 Å². The van der Waals surface area contributed by atoms with Gasteiger partial charge in [0.25, 0.3) is 0 Å². The number of aryl methyl sites for hydroxylation is 2. The van der Waals surface area contributed by atoms with E-state index in [1.54, 1.807) is 0 Å². The molecule has 3 amide bonds. The van der Waals surface area contributed by atoms with Gasteiger partial charge in [-0.15, -0.1) is 0 Å².